The second-order valence-corrected chi connectivity index (χ2v) is 8.41. The topological polar surface area (TPSA) is 98.7 Å². The molecule has 0 fully saturated rings. The molecular weight excluding hydrogens is 464 g/mol. The first-order valence-electron chi connectivity index (χ1n) is 8.06. The molecule has 142 valence electrons. The summed E-state index contributed by atoms with van der Waals surface area (Å²) in [7, 11) is 0. The third-order valence-electron chi connectivity index (χ3n) is 3.54. The van der Waals surface area contributed by atoms with Crippen molar-refractivity contribution in [1.29, 1.82) is 0 Å². The number of thiophene rings is 1. The Morgan fingerprint density at radius 2 is 2.29 bits per heavy atom. The number of aromatic nitrogens is 5. The van der Waals surface area contributed by atoms with Crippen molar-refractivity contribution < 1.29 is 9.32 Å². The van der Waals surface area contributed by atoms with E-state index in [2.05, 4.69) is 41.6 Å². The number of hydrogen-bond donors (Lipinski definition) is 1. The second-order valence-electron chi connectivity index (χ2n) is 5.64. The van der Waals surface area contributed by atoms with Crippen molar-refractivity contribution in [2.24, 2.45) is 0 Å². The molecule has 0 bridgehead atoms. The van der Waals surface area contributed by atoms with Gasteiger partial charge in [0.1, 0.15) is 6.33 Å². The molecule has 11 heteroatoms. The lowest BCUT2D eigenvalue weighted by molar-refractivity contribution is -0.114. The Kier molecular flexibility index (Phi) is 5.55. The monoisotopic (exact) mass is 476 g/mol. The van der Waals surface area contributed by atoms with Crippen LogP contribution in [0.4, 0.5) is 5.69 Å². The first-order chi connectivity index (χ1) is 13.6. The van der Waals surface area contributed by atoms with Crippen LogP contribution in [0.3, 0.4) is 0 Å². The van der Waals surface area contributed by atoms with E-state index in [9.17, 15) is 4.79 Å². The number of carbonyl (C=O) groups is 1. The number of rotatable bonds is 6. The molecule has 3 aromatic heterocycles. The molecule has 0 spiro atoms. The van der Waals surface area contributed by atoms with Crippen molar-refractivity contribution in [1.82, 2.24) is 24.9 Å². The molecule has 3 heterocycles. The number of halogens is 1. The summed E-state index contributed by atoms with van der Waals surface area (Å²) in [6, 6.07) is 9.40. The van der Waals surface area contributed by atoms with Crippen LogP contribution in [-0.2, 0) is 10.5 Å². The Hall–Kier alpha value is -2.50. The molecule has 0 saturated carbocycles. The molecule has 0 aliphatic heterocycles. The van der Waals surface area contributed by atoms with Gasteiger partial charge < -0.3 is 9.84 Å². The largest absolute Gasteiger partial charge is 0.338 e. The molecule has 1 N–H and O–H groups in total. The predicted molar refractivity (Wildman–Crippen MR) is 111 cm³/mol. The normalized spacial score (nSPS) is 10.9. The Morgan fingerprint density at radius 3 is 3.07 bits per heavy atom. The molecule has 0 saturated heterocycles. The fourth-order valence-corrected chi connectivity index (χ4v) is 4.52. The molecule has 0 aliphatic carbocycles. The highest BCUT2D eigenvalue weighted by Gasteiger charge is 2.14. The molecule has 0 unspecified atom stereocenters. The minimum Gasteiger partial charge on any atom is -0.338 e. The minimum absolute atomic E-state index is 0.125. The van der Waals surface area contributed by atoms with Gasteiger partial charge in [0.05, 0.1) is 16.3 Å². The number of benzene rings is 1. The van der Waals surface area contributed by atoms with Crippen molar-refractivity contribution in [2.45, 2.75) is 17.8 Å². The van der Waals surface area contributed by atoms with Crippen molar-refractivity contribution in [3.63, 3.8) is 0 Å². The maximum absolute atomic E-state index is 11.3. The molecule has 4 rings (SSSR count). The van der Waals surface area contributed by atoms with Crippen LogP contribution in [0.2, 0.25) is 0 Å². The van der Waals surface area contributed by atoms with Crippen LogP contribution in [0.1, 0.15) is 12.8 Å². The number of carbonyl (C=O) groups excluding carboxylic acids is 1. The van der Waals surface area contributed by atoms with Crippen LogP contribution in [0.15, 0.2) is 56.2 Å². The number of nitrogens with one attached hydrogen (secondary N) is 1. The van der Waals surface area contributed by atoms with Gasteiger partial charge in [0.2, 0.25) is 17.6 Å². The maximum Gasteiger partial charge on any atom is 0.237 e. The summed E-state index contributed by atoms with van der Waals surface area (Å²) in [5, 5.41) is 17.6. The Balaban J connectivity index is 1.48. The van der Waals surface area contributed by atoms with Crippen molar-refractivity contribution in [3.05, 3.63) is 52.4 Å². The van der Waals surface area contributed by atoms with Gasteiger partial charge in [0.25, 0.3) is 0 Å². The number of thioether (sulfide) groups is 1. The second kappa shape index (κ2) is 8.25. The van der Waals surface area contributed by atoms with Gasteiger partial charge in [-0.25, -0.2) is 0 Å². The molecule has 0 atom stereocenters. The van der Waals surface area contributed by atoms with Gasteiger partial charge in [-0.2, -0.15) is 4.98 Å². The van der Waals surface area contributed by atoms with Gasteiger partial charge in [0.15, 0.2) is 5.16 Å². The summed E-state index contributed by atoms with van der Waals surface area (Å²) in [5.41, 5.74) is 1.55. The highest BCUT2D eigenvalue weighted by atomic mass is 79.9. The van der Waals surface area contributed by atoms with Crippen molar-refractivity contribution >= 4 is 50.6 Å². The smallest absolute Gasteiger partial charge is 0.237 e. The van der Waals surface area contributed by atoms with Gasteiger partial charge >= 0.3 is 0 Å². The predicted octanol–water partition coefficient (Wildman–Crippen LogP) is 4.39. The molecule has 0 radical (unpaired) electrons. The Labute approximate surface area is 176 Å². The number of anilines is 1. The molecular formula is C17H13BrN6O2S2. The number of nitrogens with zero attached hydrogens (tertiary/aromatic N) is 5. The molecule has 0 aliphatic rings. The third-order valence-corrected chi connectivity index (χ3v) is 6.16. The van der Waals surface area contributed by atoms with Crippen molar-refractivity contribution in [2.75, 3.05) is 5.32 Å². The average molecular weight is 477 g/mol. The first-order valence-corrected chi connectivity index (χ1v) is 10.7. The van der Waals surface area contributed by atoms with E-state index in [4.69, 9.17) is 4.52 Å². The minimum atomic E-state index is -0.125. The third kappa shape index (κ3) is 4.32. The van der Waals surface area contributed by atoms with Crippen LogP contribution in [0, 0.1) is 0 Å². The summed E-state index contributed by atoms with van der Waals surface area (Å²) < 4.78 is 8.17. The zero-order valence-electron chi connectivity index (χ0n) is 14.5. The van der Waals surface area contributed by atoms with Crippen LogP contribution >= 0.6 is 39.0 Å². The van der Waals surface area contributed by atoms with Crippen LogP contribution in [0.25, 0.3) is 16.4 Å². The van der Waals surface area contributed by atoms with E-state index in [1.807, 2.05) is 40.3 Å². The molecule has 4 aromatic rings. The highest BCUT2D eigenvalue weighted by molar-refractivity contribution is 9.10. The summed E-state index contributed by atoms with van der Waals surface area (Å²) in [5.74, 6) is 1.41. The Morgan fingerprint density at radius 1 is 1.39 bits per heavy atom. The fourth-order valence-electron chi connectivity index (χ4n) is 2.41. The van der Waals surface area contributed by atoms with Gasteiger partial charge in [0, 0.05) is 22.5 Å². The number of hydrogen-bond acceptors (Lipinski definition) is 8. The molecule has 28 heavy (non-hydrogen) atoms. The van der Waals surface area contributed by atoms with Crippen LogP contribution in [-0.4, -0.2) is 30.8 Å². The molecule has 1 amide bonds. The van der Waals surface area contributed by atoms with Gasteiger partial charge in [-0.05, 0) is 40.2 Å². The van der Waals surface area contributed by atoms with E-state index in [1.54, 1.807) is 17.7 Å². The van der Waals surface area contributed by atoms with E-state index < -0.39 is 0 Å². The number of amides is 1. The lowest BCUT2D eigenvalue weighted by Gasteiger charge is -2.08. The molecule has 8 nitrogen and oxygen atoms in total. The standard InChI is InChI=1S/C17H13BrN6O2S2/c1-10(25)20-12-3-2-4-13(6-12)24-9-19-22-17(24)28-8-15-21-16(23-26-15)14-5-11(18)7-27-14/h2-7,9H,8H2,1H3,(H,20,25). The quantitative estimate of drug-likeness (QED) is 0.411. The molecule has 1 aromatic carbocycles. The van der Waals surface area contributed by atoms with E-state index in [1.165, 1.54) is 18.7 Å². The summed E-state index contributed by atoms with van der Waals surface area (Å²) >= 11 is 6.40. The zero-order valence-corrected chi connectivity index (χ0v) is 17.7. The highest BCUT2D eigenvalue weighted by Crippen LogP contribution is 2.29. The summed E-state index contributed by atoms with van der Waals surface area (Å²) in [6.07, 6.45) is 1.62. The van der Waals surface area contributed by atoms with E-state index in [0.717, 1.165) is 15.0 Å². The van der Waals surface area contributed by atoms with Gasteiger partial charge in [-0.15, -0.1) is 21.5 Å². The van der Waals surface area contributed by atoms with Gasteiger partial charge in [-0.3, -0.25) is 9.36 Å². The lowest BCUT2D eigenvalue weighted by atomic mass is 10.2. The first kappa shape index (κ1) is 18.8. The van der Waals surface area contributed by atoms with Gasteiger partial charge in [-0.1, -0.05) is 23.0 Å². The van der Waals surface area contributed by atoms with Crippen molar-refractivity contribution in [3.8, 4) is 16.4 Å². The van der Waals surface area contributed by atoms with E-state index >= 15 is 0 Å². The summed E-state index contributed by atoms with van der Waals surface area (Å²) in [6.45, 7) is 1.47. The summed E-state index contributed by atoms with van der Waals surface area (Å²) in [4.78, 5) is 16.6. The van der Waals surface area contributed by atoms with E-state index in [-0.39, 0.29) is 5.91 Å². The van der Waals surface area contributed by atoms with Crippen LogP contribution < -0.4 is 5.32 Å². The SMILES string of the molecule is CC(=O)Nc1cccc(-n2cnnc2SCc2nc(-c3cc(Br)cs3)no2)c1. The van der Waals surface area contributed by atoms with E-state index in [0.29, 0.717) is 28.3 Å². The fraction of sp³-hybridized carbons (Fsp3) is 0.118. The zero-order chi connectivity index (χ0) is 19.5. The Bertz CT molecular complexity index is 1120. The van der Waals surface area contributed by atoms with Crippen LogP contribution in [0.5, 0.6) is 0 Å². The average Bonchev–Trinajstić information content (AvgIpc) is 3.40. The maximum atomic E-state index is 11.3. The lowest BCUT2D eigenvalue weighted by Crippen LogP contribution is -2.06.